The summed E-state index contributed by atoms with van der Waals surface area (Å²) in [6.07, 6.45) is 4.57. The number of rotatable bonds is 3. The van der Waals surface area contributed by atoms with E-state index in [-0.39, 0.29) is 0 Å². The third-order valence-corrected chi connectivity index (χ3v) is 3.03. The van der Waals surface area contributed by atoms with Crippen molar-refractivity contribution >= 4 is 5.97 Å². The Morgan fingerprint density at radius 2 is 2.44 bits per heavy atom. The zero-order valence-electron chi connectivity index (χ0n) is 9.27. The van der Waals surface area contributed by atoms with Gasteiger partial charge in [-0.15, -0.1) is 0 Å². The Bertz CT molecular complexity index is 397. The quantitative estimate of drug-likeness (QED) is 0.838. The van der Waals surface area contributed by atoms with E-state index in [0.717, 1.165) is 11.1 Å². The molecule has 0 spiro atoms. The van der Waals surface area contributed by atoms with Crippen molar-refractivity contribution in [2.24, 2.45) is 5.41 Å². The van der Waals surface area contributed by atoms with E-state index in [2.05, 4.69) is 4.98 Å². The molecule has 0 aliphatic carbocycles. The Kier molecular flexibility index (Phi) is 2.92. The van der Waals surface area contributed by atoms with Crippen molar-refractivity contribution in [3.8, 4) is 0 Å². The van der Waals surface area contributed by atoms with Crippen LogP contribution in [-0.2, 0) is 16.0 Å². The molecule has 1 aromatic heterocycles. The van der Waals surface area contributed by atoms with Gasteiger partial charge in [-0.3, -0.25) is 9.78 Å². The summed E-state index contributed by atoms with van der Waals surface area (Å²) in [6.45, 7) is 2.79. The first-order valence-corrected chi connectivity index (χ1v) is 5.34. The van der Waals surface area contributed by atoms with Crippen molar-refractivity contribution in [2.75, 3.05) is 13.2 Å². The average Bonchev–Trinajstić information content (AvgIpc) is 2.67. The maximum atomic E-state index is 11.3. The topological polar surface area (TPSA) is 59.4 Å². The minimum Gasteiger partial charge on any atom is -0.481 e. The van der Waals surface area contributed by atoms with E-state index in [1.165, 1.54) is 0 Å². The van der Waals surface area contributed by atoms with Crippen LogP contribution in [0.4, 0.5) is 0 Å². The predicted molar refractivity (Wildman–Crippen MR) is 58.2 cm³/mol. The highest BCUT2D eigenvalue weighted by Gasteiger charge is 2.42. The van der Waals surface area contributed by atoms with Crippen LogP contribution in [0.1, 0.15) is 17.5 Å². The van der Waals surface area contributed by atoms with Gasteiger partial charge < -0.3 is 9.84 Å². The molecular weight excluding hydrogens is 206 g/mol. The molecule has 16 heavy (non-hydrogen) atoms. The highest BCUT2D eigenvalue weighted by molar-refractivity contribution is 5.75. The molecule has 1 aromatic rings. The zero-order chi connectivity index (χ0) is 11.6. The molecule has 2 rings (SSSR count). The van der Waals surface area contributed by atoms with E-state index in [1.54, 1.807) is 12.4 Å². The fourth-order valence-electron chi connectivity index (χ4n) is 2.10. The molecule has 1 N–H and O–H groups in total. The van der Waals surface area contributed by atoms with Gasteiger partial charge in [0.2, 0.25) is 0 Å². The van der Waals surface area contributed by atoms with Crippen LogP contribution in [0.5, 0.6) is 0 Å². The molecule has 1 fully saturated rings. The molecule has 2 heterocycles. The number of carboxylic acids is 1. The lowest BCUT2D eigenvalue weighted by Crippen LogP contribution is -2.33. The van der Waals surface area contributed by atoms with Gasteiger partial charge in [-0.1, -0.05) is 6.07 Å². The summed E-state index contributed by atoms with van der Waals surface area (Å²) in [5.41, 5.74) is 1.26. The van der Waals surface area contributed by atoms with Gasteiger partial charge in [-0.05, 0) is 30.9 Å². The normalized spacial score (nSPS) is 24.6. The molecule has 1 aliphatic heterocycles. The first kappa shape index (κ1) is 11.1. The molecule has 1 aliphatic rings. The molecule has 0 bridgehead atoms. The molecule has 1 unspecified atom stereocenters. The van der Waals surface area contributed by atoms with Crippen LogP contribution in [0.25, 0.3) is 0 Å². The van der Waals surface area contributed by atoms with Crippen molar-refractivity contribution in [1.29, 1.82) is 0 Å². The summed E-state index contributed by atoms with van der Waals surface area (Å²) < 4.78 is 5.22. The Labute approximate surface area is 94.3 Å². The van der Waals surface area contributed by atoms with Gasteiger partial charge in [0, 0.05) is 19.0 Å². The van der Waals surface area contributed by atoms with Crippen molar-refractivity contribution in [1.82, 2.24) is 4.98 Å². The van der Waals surface area contributed by atoms with Crippen LogP contribution in [0, 0.1) is 12.3 Å². The van der Waals surface area contributed by atoms with Crippen LogP contribution in [-0.4, -0.2) is 29.3 Å². The fourth-order valence-corrected chi connectivity index (χ4v) is 2.10. The first-order chi connectivity index (χ1) is 7.62. The second kappa shape index (κ2) is 4.22. The lowest BCUT2D eigenvalue weighted by atomic mass is 9.81. The van der Waals surface area contributed by atoms with E-state index in [9.17, 15) is 9.90 Å². The number of aliphatic carboxylic acids is 1. The summed E-state index contributed by atoms with van der Waals surface area (Å²) in [4.78, 5) is 15.4. The second-order valence-electron chi connectivity index (χ2n) is 4.44. The molecule has 0 aromatic carbocycles. The van der Waals surface area contributed by atoms with Crippen LogP contribution in [0.3, 0.4) is 0 Å². The zero-order valence-corrected chi connectivity index (χ0v) is 9.27. The number of hydrogen-bond acceptors (Lipinski definition) is 3. The number of nitrogens with zero attached hydrogens (tertiary/aromatic N) is 1. The minimum atomic E-state index is -0.772. The second-order valence-corrected chi connectivity index (χ2v) is 4.44. The summed E-state index contributed by atoms with van der Waals surface area (Å²) in [5, 5.41) is 9.29. The van der Waals surface area contributed by atoms with Gasteiger partial charge in [-0.25, -0.2) is 0 Å². The summed E-state index contributed by atoms with van der Waals surface area (Å²) in [7, 11) is 0. The predicted octanol–water partition coefficient (Wildman–Crippen LogP) is 1.42. The smallest absolute Gasteiger partial charge is 0.312 e. The molecule has 4 heteroatoms. The number of hydrogen-bond donors (Lipinski definition) is 1. The van der Waals surface area contributed by atoms with Crippen molar-refractivity contribution in [3.05, 3.63) is 29.6 Å². The van der Waals surface area contributed by atoms with Gasteiger partial charge >= 0.3 is 5.97 Å². The number of aryl methyl sites for hydroxylation is 1. The Balaban J connectivity index is 2.21. The van der Waals surface area contributed by atoms with E-state index in [0.29, 0.717) is 26.1 Å². The Morgan fingerprint density at radius 1 is 1.62 bits per heavy atom. The van der Waals surface area contributed by atoms with Crippen molar-refractivity contribution in [3.63, 3.8) is 0 Å². The first-order valence-electron chi connectivity index (χ1n) is 5.34. The maximum Gasteiger partial charge on any atom is 0.312 e. The number of ether oxygens (including phenoxy) is 1. The van der Waals surface area contributed by atoms with Crippen LogP contribution in [0.15, 0.2) is 18.5 Å². The van der Waals surface area contributed by atoms with Gasteiger partial charge in [0.25, 0.3) is 0 Å². The van der Waals surface area contributed by atoms with E-state index in [1.807, 2.05) is 13.0 Å². The average molecular weight is 221 g/mol. The number of carboxylic acid groups (broad SMARTS) is 1. The minimum absolute atomic E-state index is 0.302. The monoisotopic (exact) mass is 221 g/mol. The highest BCUT2D eigenvalue weighted by atomic mass is 16.5. The molecule has 0 amide bonds. The summed E-state index contributed by atoms with van der Waals surface area (Å²) >= 11 is 0. The standard InChI is InChI=1S/C12H15NO3/c1-9-4-10(7-13-6-9)5-12(11(14)15)2-3-16-8-12/h4,6-7H,2-3,5,8H2,1H3,(H,14,15). The van der Waals surface area contributed by atoms with Gasteiger partial charge in [-0.2, -0.15) is 0 Å². The van der Waals surface area contributed by atoms with Crippen molar-refractivity contribution in [2.45, 2.75) is 19.8 Å². The van der Waals surface area contributed by atoms with E-state index < -0.39 is 11.4 Å². The highest BCUT2D eigenvalue weighted by Crippen LogP contribution is 2.32. The molecule has 4 nitrogen and oxygen atoms in total. The Morgan fingerprint density at radius 3 is 3.00 bits per heavy atom. The van der Waals surface area contributed by atoms with Crippen molar-refractivity contribution < 1.29 is 14.6 Å². The van der Waals surface area contributed by atoms with Gasteiger partial charge in [0.1, 0.15) is 0 Å². The molecular formula is C12H15NO3. The fraction of sp³-hybridized carbons (Fsp3) is 0.500. The molecule has 0 saturated carbocycles. The SMILES string of the molecule is Cc1cncc(CC2(C(=O)O)CCOC2)c1. The number of aromatic nitrogens is 1. The third kappa shape index (κ3) is 2.07. The number of carbonyl (C=O) groups is 1. The molecule has 0 radical (unpaired) electrons. The van der Waals surface area contributed by atoms with Crippen LogP contribution >= 0.6 is 0 Å². The number of pyridine rings is 1. The lowest BCUT2D eigenvalue weighted by molar-refractivity contribution is -0.148. The molecule has 86 valence electrons. The third-order valence-electron chi connectivity index (χ3n) is 3.03. The summed E-state index contributed by atoms with van der Waals surface area (Å²) in [5.74, 6) is -0.772. The maximum absolute atomic E-state index is 11.3. The van der Waals surface area contributed by atoms with Crippen LogP contribution in [0.2, 0.25) is 0 Å². The van der Waals surface area contributed by atoms with Gasteiger partial charge in [0.05, 0.1) is 12.0 Å². The molecule has 1 atom stereocenters. The lowest BCUT2D eigenvalue weighted by Gasteiger charge is -2.21. The van der Waals surface area contributed by atoms with E-state index in [4.69, 9.17) is 4.74 Å². The van der Waals surface area contributed by atoms with Gasteiger partial charge in [0.15, 0.2) is 0 Å². The van der Waals surface area contributed by atoms with E-state index >= 15 is 0 Å². The Hall–Kier alpha value is -1.42. The largest absolute Gasteiger partial charge is 0.481 e. The molecule has 1 saturated heterocycles. The summed E-state index contributed by atoms with van der Waals surface area (Å²) in [6, 6.07) is 1.98. The van der Waals surface area contributed by atoms with Crippen LogP contribution < -0.4 is 0 Å².